The molecule has 2 saturated heterocycles. The van der Waals surface area contributed by atoms with E-state index in [4.69, 9.17) is 21.3 Å². The third-order valence-corrected chi connectivity index (χ3v) is 6.13. The van der Waals surface area contributed by atoms with Gasteiger partial charge >= 0.3 is 0 Å². The summed E-state index contributed by atoms with van der Waals surface area (Å²) in [6.45, 7) is 8.44. The first-order chi connectivity index (χ1) is 12.2. The van der Waals surface area contributed by atoms with Crippen molar-refractivity contribution in [2.24, 2.45) is 5.92 Å². The average molecular weight is 360 g/mol. The molecule has 1 aromatic heterocycles. The quantitative estimate of drug-likeness (QED) is 0.832. The minimum Gasteiger partial charge on any atom is -0.379 e. The van der Waals surface area contributed by atoms with Crippen molar-refractivity contribution >= 4 is 28.3 Å². The molecular weight excluding hydrogens is 334 g/mol. The Kier molecular flexibility index (Phi) is 5.11. The second-order valence-corrected chi connectivity index (χ2v) is 7.60. The van der Waals surface area contributed by atoms with Gasteiger partial charge in [-0.05, 0) is 43.9 Å². The summed E-state index contributed by atoms with van der Waals surface area (Å²) in [5, 5.41) is 1.84. The Morgan fingerprint density at radius 3 is 2.60 bits per heavy atom. The van der Waals surface area contributed by atoms with Crippen LogP contribution in [0.25, 0.3) is 10.9 Å². The van der Waals surface area contributed by atoms with E-state index in [1.807, 2.05) is 12.1 Å². The third-order valence-electron chi connectivity index (χ3n) is 5.82. The molecule has 134 valence electrons. The van der Waals surface area contributed by atoms with Crippen molar-refractivity contribution in [2.45, 2.75) is 25.8 Å². The highest BCUT2D eigenvalue weighted by Gasteiger charge is 2.29. The largest absolute Gasteiger partial charge is 0.379 e. The number of ether oxygens (including phenoxy) is 1. The summed E-state index contributed by atoms with van der Waals surface area (Å²) in [5.41, 5.74) is 0.908. The molecule has 0 aliphatic carbocycles. The first kappa shape index (κ1) is 17.1. The fourth-order valence-corrected chi connectivity index (χ4v) is 4.39. The van der Waals surface area contributed by atoms with Crippen LogP contribution >= 0.6 is 11.6 Å². The summed E-state index contributed by atoms with van der Waals surface area (Å²) in [6, 6.07) is 10.9. The van der Waals surface area contributed by atoms with Crippen molar-refractivity contribution in [3.63, 3.8) is 0 Å². The molecule has 0 N–H and O–H groups in total. The number of morpholine rings is 1. The SMILES string of the molecule is C[C@H](C1CCN(c2ccc3cccc(Cl)c3n2)CC1)N1CCOCC1. The summed E-state index contributed by atoms with van der Waals surface area (Å²) >= 11 is 6.32. The molecule has 0 unspecified atom stereocenters. The highest BCUT2D eigenvalue weighted by atomic mass is 35.5. The summed E-state index contributed by atoms with van der Waals surface area (Å²) in [7, 11) is 0. The van der Waals surface area contributed by atoms with E-state index in [9.17, 15) is 0 Å². The molecule has 2 aromatic rings. The number of aromatic nitrogens is 1. The van der Waals surface area contributed by atoms with Crippen LogP contribution in [-0.4, -0.2) is 55.3 Å². The maximum absolute atomic E-state index is 6.32. The van der Waals surface area contributed by atoms with Gasteiger partial charge < -0.3 is 9.64 Å². The topological polar surface area (TPSA) is 28.6 Å². The number of para-hydroxylation sites is 1. The Labute approximate surface area is 154 Å². The molecule has 0 spiro atoms. The molecule has 4 nitrogen and oxygen atoms in total. The maximum Gasteiger partial charge on any atom is 0.129 e. The molecule has 5 heteroatoms. The van der Waals surface area contributed by atoms with E-state index >= 15 is 0 Å². The van der Waals surface area contributed by atoms with Crippen molar-refractivity contribution in [3.05, 3.63) is 35.4 Å². The number of pyridine rings is 1. The van der Waals surface area contributed by atoms with Gasteiger partial charge in [-0.3, -0.25) is 4.90 Å². The first-order valence-corrected chi connectivity index (χ1v) is 9.72. The summed E-state index contributed by atoms with van der Waals surface area (Å²) < 4.78 is 5.49. The number of hydrogen-bond donors (Lipinski definition) is 0. The van der Waals surface area contributed by atoms with Gasteiger partial charge in [0.25, 0.3) is 0 Å². The number of anilines is 1. The number of hydrogen-bond acceptors (Lipinski definition) is 4. The van der Waals surface area contributed by atoms with Gasteiger partial charge in [0.2, 0.25) is 0 Å². The molecule has 2 fully saturated rings. The Hall–Kier alpha value is -1.36. The number of nitrogens with zero attached hydrogens (tertiary/aromatic N) is 3. The molecule has 1 aromatic carbocycles. The molecule has 3 heterocycles. The molecule has 2 aliphatic rings. The van der Waals surface area contributed by atoms with Crippen molar-refractivity contribution in [1.82, 2.24) is 9.88 Å². The number of benzene rings is 1. The number of fused-ring (bicyclic) bond motifs is 1. The highest BCUT2D eigenvalue weighted by molar-refractivity contribution is 6.35. The Morgan fingerprint density at radius 1 is 1.08 bits per heavy atom. The standard InChI is InChI=1S/C20H26ClN3O/c1-15(23-11-13-25-14-12-23)16-7-9-24(10-8-16)19-6-5-17-3-2-4-18(21)20(17)22-19/h2-6,15-16H,7-14H2,1H3/t15-/m1/s1. The Morgan fingerprint density at radius 2 is 1.84 bits per heavy atom. The fraction of sp³-hybridized carbons (Fsp3) is 0.550. The van der Waals surface area contributed by atoms with Gasteiger partial charge in [0, 0.05) is 37.6 Å². The van der Waals surface area contributed by atoms with Gasteiger partial charge in [-0.25, -0.2) is 4.98 Å². The minimum atomic E-state index is 0.644. The van der Waals surface area contributed by atoms with E-state index in [-0.39, 0.29) is 0 Å². The van der Waals surface area contributed by atoms with Gasteiger partial charge in [-0.15, -0.1) is 0 Å². The first-order valence-electron chi connectivity index (χ1n) is 9.34. The fourth-order valence-electron chi connectivity index (χ4n) is 4.17. The molecule has 0 bridgehead atoms. The van der Waals surface area contributed by atoms with Crippen molar-refractivity contribution in [3.8, 4) is 0 Å². The molecule has 0 amide bonds. The lowest BCUT2D eigenvalue weighted by Crippen LogP contribution is -2.48. The van der Waals surface area contributed by atoms with Gasteiger partial charge in [0.05, 0.1) is 23.8 Å². The van der Waals surface area contributed by atoms with Crippen LogP contribution in [-0.2, 0) is 4.74 Å². The van der Waals surface area contributed by atoms with Crippen LogP contribution in [0.5, 0.6) is 0 Å². The van der Waals surface area contributed by atoms with Crippen LogP contribution < -0.4 is 4.90 Å². The van der Waals surface area contributed by atoms with Crippen LogP contribution in [0.1, 0.15) is 19.8 Å². The highest BCUT2D eigenvalue weighted by Crippen LogP contribution is 2.29. The van der Waals surface area contributed by atoms with Crippen molar-refractivity contribution in [2.75, 3.05) is 44.3 Å². The smallest absolute Gasteiger partial charge is 0.129 e. The molecule has 1 atom stereocenters. The second kappa shape index (κ2) is 7.48. The molecule has 0 saturated carbocycles. The van der Waals surface area contributed by atoms with E-state index in [0.29, 0.717) is 6.04 Å². The molecule has 4 rings (SSSR count). The molecule has 0 radical (unpaired) electrons. The zero-order valence-corrected chi connectivity index (χ0v) is 15.6. The predicted molar refractivity (Wildman–Crippen MR) is 104 cm³/mol. The summed E-state index contributed by atoms with van der Waals surface area (Å²) in [6.07, 6.45) is 2.45. The average Bonchev–Trinajstić information content (AvgIpc) is 2.68. The Balaban J connectivity index is 1.42. The maximum atomic E-state index is 6.32. The van der Waals surface area contributed by atoms with Crippen molar-refractivity contribution < 1.29 is 4.74 Å². The van der Waals surface area contributed by atoms with E-state index in [2.05, 4.69) is 34.9 Å². The second-order valence-electron chi connectivity index (χ2n) is 7.19. The third kappa shape index (κ3) is 3.62. The summed E-state index contributed by atoms with van der Waals surface area (Å²) in [4.78, 5) is 9.83. The minimum absolute atomic E-state index is 0.644. The van der Waals surface area contributed by atoms with Gasteiger partial charge in [-0.2, -0.15) is 0 Å². The van der Waals surface area contributed by atoms with Gasteiger partial charge in [0.15, 0.2) is 0 Å². The number of halogens is 1. The lowest BCUT2D eigenvalue weighted by atomic mass is 9.89. The lowest BCUT2D eigenvalue weighted by molar-refractivity contribution is 0.00448. The summed E-state index contributed by atoms with van der Waals surface area (Å²) in [5.74, 6) is 1.82. The van der Waals surface area contributed by atoms with Crippen LogP contribution in [0.2, 0.25) is 5.02 Å². The predicted octanol–water partition coefficient (Wildman–Crippen LogP) is 3.83. The van der Waals surface area contributed by atoms with E-state index in [1.165, 1.54) is 12.8 Å². The van der Waals surface area contributed by atoms with Crippen LogP contribution in [0.15, 0.2) is 30.3 Å². The monoisotopic (exact) mass is 359 g/mol. The van der Waals surface area contributed by atoms with Gasteiger partial charge in [-0.1, -0.05) is 23.7 Å². The normalized spacial score (nSPS) is 21.6. The van der Waals surface area contributed by atoms with Crippen LogP contribution in [0.4, 0.5) is 5.82 Å². The van der Waals surface area contributed by atoms with E-state index in [0.717, 1.165) is 67.1 Å². The van der Waals surface area contributed by atoms with Crippen molar-refractivity contribution in [1.29, 1.82) is 0 Å². The number of rotatable bonds is 3. The zero-order valence-electron chi connectivity index (χ0n) is 14.8. The number of piperidine rings is 1. The van der Waals surface area contributed by atoms with Crippen LogP contribution in [0.3, 0.4) is 0 Å². The zero-order chi connectivity index (χ0) is 17.2. The van der Waals surface area contributed by atoms with E-state index < -0.39 is 0 Å². The van der Waals surface area contributed by atoms with Crippen LogP contribution in [0, 0.1) is 5.92 Å². The molecule has 25 heavy (non-hydrogen) atoms. The molecule has 2 aliphatic heterocycles. The molecular formula is C20H26ClN3O. The van der Waals surface area contributed by atoms with E-state index in [1.54, 1.807) is 0 Å². The Bertz CT molecular complexity index is 724. The van der Waals surface area contributed by atoms with Gasteiger partial charge in [0.1, 0.15) is 5.82 Å². The lowest BCUT2D eigenvalue weighted by Gasteiger charge is -2.41.